The molecule has 0 aliphatic carbocycles. The van der Waals surface area contributed by atoms with Crippen LogP contribution in [0.4, 0.5) is 43.4 Å². The van der Waals surface area contributed by atoms with Gasteiger partial charge in [-0.25, -0.2) is 26.3 Å². The molecule has 0 bridgehead atoms. The minimum Gasteiger partial charge on any atom is -0.481 e. The van der Waals surface area contributed by atoms with Gasteiger partial charge in [0.25, 0.3) is 17.5 Å². The van der Waals surface area contributed by atoms with Gasteiger partial charge in [-0.3, -0.25) is 19.7 Å². The topological polar surface area (TPSA) is 189 Å². The van der Waals surface area contributed by atoms with Crippen LogP contribution in [-0.4, -0.2) is 66.9 Å². The molecule has 0 fully saturated rings. The molecule has 3 N–H and O–H groups in total. The fourth-order valence-corrected chi connectivity index (χ4v) is 5.37. The van der Waals surface area contributed by atoms with E-state index in [9.17, 15) is 46.0 Å². The molecular formula is C36H37F6N5O9. The molecule has 1 aliphatic heterocycles. The second kappa shape index (κ2) is 18.3. The third-order valence-electron chi connectivity index (χ3n) is 7.99. The van der Waals surface area contributed by atoms with Gasteiger partial charge in [0.2, 0.25) is 29.4 Å². The van der Waals surface area contributed by atoms with Crippen LogP contribution in [0, 0.1) is 21.7 Å². The van der Waals surface area contributed by atoms with Gasteiger partial charge in [0.1, 0.15) is 17.3 Å². The highest BCUT2D eigenvalue weighted by molar-refractivity contribution is 5.96. The van der Waals surface area contributed by atoms with E-state index in [0.29, 0.717) is 11.1 Å². The maximum Gasteiger partial charge on any atom is 0.308 e. The summed E-state index contributed by atoms with van der Waals surface area (Å²) in [5, 5.41) is 18.8. The first-order chi connectivity index (χ1) is 26.2. The Labute approximate surface area is 315 Å². The number of carboxylic acid groups (broad SMARTS) is 1. The summed E-state index contributed by atoms with van der Waals surface area (Å²) in [6, 6.07) is 10.0. The molecule has 0 spiro atoms. The molecule has 2 aromatic heterocycles. The molecule has 1 amide bonds. The van der Waals surface area contributed by atoms with Gasteiger partial charge in [0.15, 0.2) is 0 Å². The summed E-state index contributed by atoms with van der Waals surface area (Å²) in [7, 11) is 5.16. The quantitative estimate of drug-likeness (QED) is 0.0991. The summed E-state index contributed by atoms with van der Waals surface area (Å²) in [6.07, 6.45) is -0.482. The number of fused-ring (bicyclic) bond motifs is 1. The third kappa shape index (κ3) is 10.7. The average molecular weight is 798 g/mol. The molecule has 20 heteroatoms. The summed E-state index contributed by atoms with van der Waals surface area (Å²) in [5.74, 6) is -9.62. The number of carbonyl (C=O) groups excluding carboxylic acids is 1. The summed E-state index contributed by atoms with van der Waals surface area (Å²) >= 11 is 0. The Bertz CT molecular complexity index is 2080. The first kappa shape index (κ1) is 44.1. The van der Waals surface area contributed by atoms with E-state index in [1.807, 2.05) is 0 Å². The number of rotatable bonds is 10. The smallest absolute Gasteiger partial charge is 0.308 e. The van der Waals surface area contributed by atoms with Crippen molar-refractivity contribution in [1.29, 1.82) is 0 Å². The van der Waals surface area contributed by atoms with Crippen LogP contribution in [0.2, 0.25) is 0 Å². The van der Waals surface area contributed by atoms with E-state index in [2.05, 4.69) is 9.97 Å². The molecule has 0 unspecified atom stereocenters. The van der Waals surface area contributed by atoms with E-state index in [4.69, 9.17) is 29.8 Å². The highest BCUT2D eigenvalue weighted by Crippen LogP contribution is 2.41. The highest BCUT2D eigenvalue weighted by Gasteiger charge is 2.35. The number of hydrogen-bond acceptors (Lipinski definition) is 11. The number of methoxy groups -OCH3 is 4. The normalized spacial score (nSPS) is 12.5. The number of halogens is 6. The molecule has 14 nitrogen and oxygen atoms in total. The molecular weight excluding hydrogens is 760 g/mol. The SMILES string of the molecule is COc1nc(OC)c(C(C)(F)F)cc1N.COc1nc(OC)c(C(C)(F)F)cc1N1CCc2c(F)cccc2CC1=O.O=C(O)Cc1c(F)cccc1[N+](=O)[O-]. The fourth-order valence-electron chi connectivity index (χ4n) is 5.37. The minimum absolute atomic E-state index is 0.0142. The Morgan fingerprint density at radius 3 is 1.91 bits per heavy atom. The maximum absolute atomic E-state index is 14.1. The lowest BCUT2D eigenvalue weighted by Crippen LogP contribution is -2.33. The van der Waals surface area contributed by atoms with E-state index in [1.54, 1.807) is 12.1 Å². The molecule has 0 saturated heterocycles. The molecule has 56 heavy (non-hydrogen) atoms. The average Bonchev–Trinajstić information content (AvgIpc) is 3.29. The Balaban J connectivity index is 0.000000246. The number of nitro groups is 1. The van der Waals surface area contributed by atoms with Crippen LogP contribution in [0.15, 0.2) is 48.5 Å². The van der Waals surface area contributed by atoms with Gasteiger partial charge in [-0.15, -0.1) is 0 Å². The Morgan fingerprint density at radius 1 is 0.875 bits per heavy atom. The monoisotopic (exact) mass is 797 g/mol. The number of carbonyl (C=O) groups is 2. The number of anilines is 2. The maximum atomic E-state index is 14.1. The number of pyridine rings is 2. The van der Waals surface area contributed by atoms with Crippen LogP contribution in [0.5, 0.6) is 23.5 Å². The number of carboxylic acids is 1. The van der Waals surface area contributed by atoms with Crippen molar-refractivity contribution >= 4 is 28.9 Å². The predicted octanol–water partition coefficient (Wildman–Crippen LogP) is 6.64. The fraction of sp³-hybridized carbons (Fsp3) is 0.333. The number of aromatic nitrogens is 2. The number of nitrogens with two attached hydrogens (primary N) is 1. The van der Waals surface area contributed by atoms with Gasteiger partial charge < -0.3 is 34.7 Å². The third-order valence-corrected chi connectivity index (χ3v) is 7.99. The van der Waals surface area contributed by atoms with Crippen LogP contribution in [-0.2, 0) is 40.7 Å². The zero-order chi connectivity index (χ0) is 42.1. The molecule has 2 aromatic carbocycles. The first-order valence-corrected chi connectivity index (χ1v) is 16.2. The number of alkyl halides is 4. The number of hydrogen-bond donors (Lipinski definition) is 2. The van der Waals surface area contributed by atoms with Crippen molar-refractivity contribution in [2.75, 3.05) is 45.6 Å². The van der Waals surface area contributed by atoms with E-state index in [1.165, 1.54) is 45.5 Å². The van der Waals surface area contributed by atoms with Crippen LogP contribution >= 0.6 is 0 Å². The number of nitrogen functional groups attached to an aromatic ring is 1. The number of ether oxygens (including phenoxy) is 4. The van der Waals surface area contributed by atoms with Gasteiger partial charge in [0.05, 0.1) is 68.6 Å². The lowest BCUT2D eigenvalue weighted by molar-refractivity contribution is -0.385. The largest absolute Gasteiger partial charge is 0.481 e. The Hall–Kier alpha value is -6.34. The van der Waals surface area contributed by atoms with Crippen molar-refractivity contribution in [3.63, 3.8) is 0 Å². The van der Waals surface area contributed by atoms with Gasteiger partial charge >= 0.3 is 5.97 Å². The van der Waals surface area contributed by atoms with Crippen LogP contribution in [0.25, 0.3) is 0 Å². The second-order valence-corrected chi connectivity index (χ2v) is 11.9. The summed E-state index contributed by atoms with van der Waals surface area (Å²) < 4.78 is 101. The van der Waals surface area contributed by atoms with E-state index in [-0.39, 0.29) is 71.6 Å². The molecule has 3 heterocycles. The first-order valence-electron chi connectivity index (χ1n) is 16.2. The molecule has 0 atom stereocenters. The zero-order valence-electron chi connectivity index (χ0n) is 30.8. The van der Waals surface area contributed by atoms with Crippen molar-refractivity contribution in [2.24, 2.45) is 0 Å². The van der Waals surface area contributed by atoms with Crippen LogP contribution in [0.3, 0.4) is 0 Å². The molecule has 5 rings (SSSR count). The summed E-state index contributed by atoms with van der Waals surface area (Å²) in [6.45, 7) is 1.59. The zero-order valence-corrected chi connectivity index (χ0v) is 30.8. The van der Waals surface area contributed by atoms with Crippen LogP contribution < -0.4 is 29.6 Å². The lowest BCUT2D eigenvalue weighted by atomic mass is 10.0. The summed E-state index contributed by atoms with van der Waals surface area (Å²) in [4.78, 5) is 41.7. The van der Waals surface area contributed by atoms with Crippen molar-refractivity contribution in [3.05, 3.63) is 98.1 Å². The van der Waals surface area contributed by atoms with Gasteiger partial charge in [-0.05, 0) is 41.8 Å². The van der Waals surface area contributed by atoms with Crippen molar-refractivity contribution in [3.8, 4) is 23.5 Å². The lowest BCUT2D eigenvalue weighted by Gasteiger charge is -2.25. The van der Waals surface area contributed by atoms with Gasteiger partial charge in [-0.1, -0.05) is 18.2 Å². The number of aliphatic carboxylic acids is 1. The standard InChI is InChI=1S/C19H19F3N2O3.C9H12F2N2O2.C8H6FNO4/c1-19(21,22)13-10-15(18(27-3)23-17(13)26-2)24-8-7-12-11(9-16(24)25)5-4-6-14(12)20;1-9(10,11)5-4-6(12)8(15-3)13-7(5)14-2;9-6-2-1-3-7(10(13)14)5(6)4-8(11)12/h4-6,10H,7-9H2,1-3H3;4H,12H2,1-3H3;1-3H,4H2,(H,11,12). The number of nitro benzene ring substituents is 1. The Kier molecular flexibility index (Phi) is 14.4. The second-order valence-electron chi connectivity index (χ2n) is 11.9. The predicted molar refractivity (Wildman–Crippen MR) is 189 cm³/mol. The highest BCUT2D eigenvalue weighted by atomic mass is 19.3. The van der Waals surface area contributed by atoms with E-state index >= 15 is 0 Å². The van der Waals surface area contributed by atoms with Gasteiger partial charge in [0, 0.05) is 26.5 Å². The summed E-state index contributed by atoms with van der Waals surface area (Å²) in [5.41, 5.74) is 4.95. The minimum atomic E-state index is -3.23. The van der Waals surface area contributed by atoms with Crippen molar-refractivity contribution < 1.29 is 64.9 Å². The number of nitrogens with zero attached hydrogens (tertiary/aromatic N) is 4. The molecule has 0 saturated carbocycles. The van der Waals surface area contributed by atoms with Crippen LogP contribution in [0.1, 0.15) is 41.7 Å². The molecule has 1 aliphatic rings. The van der Waals surface area contributed by atoms with E-state index < -0.39 is 51.8 Å². The molecule has 302 valence electrons. The Morgan fingerprint density at radius 2 is 1.39 bits per heavy atom. The number of amides is 1. The van der Waals surface area contributed by atoms with Crippen molar-refractivity contribution in [1.82, 2.24) is 9.97 Å². The van der Waals surface area contributed by atoms with Crippen molar-refractivity contribution in [2.45, 2.75) is 45.0 Å². The number of benzene rings is 2. The molecule has 0 radical (unpaired) electrons. The van der Waals surface area contributed by atoms with E-state index in [0.717, 1.165) is 38.1 Å². The van der Waals surface area contributed by atoms with Gasteiger partial charge in [-0.2, -0.15) is 9.97 Å². The molecule has 4 aromatic rings.